The average molecular weight is 341 g/mol. The minimum atomic E-state index is 0. The molecule has 2 saturated heterocycles. The van der Waals surface area contributed by atoms with Gasteiger partial charge in [0.2, 0.25) is 5.91 Å². The summed E-state index contributed by atoms with van der Waals surface area (Å²) in [6.07, 6.45) is 2.29. The maximum atomic E-state index is 11.8. The molecule has 1 amide bonds. The quantitative estimate of drug-likeness (QED) is 0.854. The van der Waals surface area contributed by atoms with Crippen molar-refractivity contribution in [1.82, 2.24) is 15.6 Å². The van der Waals surface area contributed by atoms with Crippen LogP contribution in [0.3, 0.4) is 0 Å². The summed E-state index contributed by atoms with van der Waals surface area (Å²) in [4.78, 5) is 18.6. The lowest BCUT2D eigenvalue weighted by atomic mass is 10.0. The van der Waals surface area contributed by atoms with Gasteiger partial charge in [-0.25, -0.2) is 4.98 Å². The number of carbonyl (C=O) groups is 1. The SMILES string of the molecule is CC1CN(c2ccc(CNC(=O)C3CNC3)cn2)CC(C)O1.Cl. The molecule has 3 rings (SSSR count). The van der Waals surface area contributed by atoms with Crippen LogP contribution in [0.4, 0.5) is 5.82 Å². The summed E-state index contributed by atoms with van der Waals surface area (Å²) >= 11 is 0. The van der Waals surface area contributed by atoms with Gasteiger partial charge in [0.05, 0.1) is 18.1 Å². The van der Waals surface area contributed by atoms with E-state index in [1.54, 1.807) is 0 Å². The molecule has 2 aliphatic heterocycles. The Balaban J connectivity index is 0.00000192. The summed E-state index contributed by atoms with van der Waals surface area (Å²) in [5.41, 5.74) is 1.03. The van der Waals surface area contributed by atoms with Crippen LogP contribution in [-0.4, -0.2) is 49.3 Å². The second kappa shape index (κ2) is 7.95. The smallest absolute Gasteiger partial charge is 0.225 e. The average Bonchev–Trinajstić information content (AvgIpc) is 2.43. The highest BCUT2D eigenvalue weighted by Crippen LogP contribution is 2.18. The predicted molar refractivity (Wildman–Crippen MR) is 91.9 cm³/mol. The topological polar surface area (TPSA) is 66.5 Å². The number of nitrogens with one attached hydrogen (secondary N) is 2. The number of amides is 1. The molecular weight excluding hydrogens is 316 g/mol. The summed E-state index contributed by atoms with van der Waals surface area (Å²) in [5, 5.41) is 6.06. The molecule has 0 aromatic carbocycles. The monoisotopic (exact) mass is 340 g/mol. The van der Waals surface area contributed by atoms with Gasteiger partial charge in [-0.15, -0.1) is 12.4 Å². The second-order valence-electron chi connectivity index (χ2n) is 6.26. The third-order valence-electron chi connectivity index (χ3n) is 4.17. The normalized spacial score (nSPS) is 24.5. The molecule has 128 valence electrons. The first kappa shape index (κ1) is 18.0. The molecule has 2 N–H and O–H groups in total. The van der Waals surface area contributed by atoms with Gasteiger partial charge in [-0.3, -0.25) is 4.79 Å². The highest BCUT2D eigenvalue weighted by atomic mass is 35.5. The Labute approximate surface area is 143 Å². The minimum absolute atomic E-state index is 0. The van der Waals surface area contributed by atoms with E-state index in [0.717, 1.165) is 37.6 Å². The van der Waals surface area contributed by atoms with Gasteiger partial charge in [0.15, 0.2) is 0 Å². The van der Waals surface area contributed by atoms with Crippen LogP contribution in [0.1, 0.15) is 19.4 Å². The van der Waals surface area contributed by atoms with Crippen LogP contribution in [0.5, 0.6) is 0 Å². The van der Waals surface area contributed by atoms with Crippen LogP contribution in [0.2, 0.25) is 0 Å². The number of morpholine rings is 1. The third-order valence-corrected chi connectivity index (χ3v) is 4.17. The molecule has 2 unspecified atom stereocenters. The highest BCUT2D eigenvalue weighted by Gasteiger charge is 2.25. The Kier molecular flexibility index (Phi) is 6.21. The Hall–Kier alpha value is -1.37. The lowest BCUT2D eigenvalue weighted by Gasteiger charge is -2.36. The molecule has 1 aromatic heterocycles. The number of pyridine rings is 1. The van der Waals surface area contributed by atoms with Crippen LogP contribution < -0.4 is 15.5 Å². The van der Waals surface area contributed by atoms with Gasteiger partial charge in [-0.2, -0.15) is 0 Å². The fourth-order valence-corrected chi connectivity index (χ4v) is 2.88. The van der Waals surface area contributed by atoms with Gasteiger partial charge in [-0.1, -0.05) is 6.07 Å². The zero-order valence-corrected chi connectivity index (χ0v) is 14.4. The summed E-state index contributed by atoms with van der Waals surface area (Å²) in [5.74, 6) is 1.22. The number of carbonyl (C=O) groups excluding carboxylic acids is 1. The van der Waals surface area contributed by atoms with E-state index in [4.69, 9.17) is 4.74 Å². The van der Waals surface area contributed by atoms with Gasteiger partial charge >= 0.3 is 0 Å². The first-order valence-corrected chi connectivity index (χ1v) is 7.95. The molecule has 0 aliphatic carbocycles. The van der Waals surface area contributed by atoms with Crippen LogP contribution in [0, 0.1) is 5.92 Å². The van der Waals surface area contributed by atoms with Crippen molar-refractivity contribution in [3.8, 4) is 0 Å². The second-order valence-corrected chi connectivity index (χ2v) is 6.26. The maximum Gasteiger partial charge on any atom is 0.225 e. The molecule has 6 nitrogen and oxygen atoms in total. The Morgan fingerprint density at radius 1 is 1.35 bits per heavy atom. The van der Waals surface area contributed by atoms with Gasteiger partial charge in [-0.05, 0) is 25.5 Å². The van der Waals surface area contributed by atoms with Crippen LogP contribution in [0.25, 0.3) is 0 Å². The summed E-state index contributed by atoms with van der Waals surface area (Å²) < 4.78 is 5.74. The van der Waals surface area contributed by atoms with Crippen molar-refractivity contribution in [1.29, 1.82) is 0 Å². The van der Waals surface area contributed by atoms with Crippen molar-refractivity contribution in [3.63, 3.8) is 0 Å². The van der Waals surface area contributed by atoms with Crippen molar-refractivity contribution >= 4 is 24.1 Å². The lowest BCUT2D eigenvalue weighted by molar-refractivity contribution is -0.126. The van der Waals surface area contributed by atoms with E-state index >= 15 is 0 Å². The van der Waals surface area contributed by atoms with E-state index in [-0.39, 0.29) is 36.4 Å². The zero-order valence-electron chi connectivity index (χ0n) is 13.6. The number of anilines is 1. The van der Waals surface area contributed by atoms with E-state index in [0.29, 0.717) is 6.54 Å². The van der Waals surface area contributed by atoms with Gasteiger partial charge < -0.3 is 20.3 Å². The molecule has 0 radical (unpaired) electrons. The summed E-state index contributed by atoms with van der Waals surface area (Å²) in [6.45, 7) is 8.01. The summed E-state index contributed by atoms with van der Waals surface area (Å²) in [7, 11) is 0. The molecular formula is C16H25ClN4O2. The number of ether oxygens (including phenoxy) is 1. The Morgan fingerprint density at radius 2 is 2.04 bits per heavy atom. The molecule has 3 heterocycles. The fraction of sp³-hybridized carbons (Fsp3) is 0.625. The number of hydrogen-bond donors (Lipinski definition) is 2. The van der Waals surface area contributed by atoms with Crippen molar-refractivity contribution in [2.75, 3.05) is 31.1 Å². The first-order chi connectivity index (χ1) is 10.6. The highest BCUT2D eigenvalue weighted by molar-refractivity contribution is 5.85. The van der Waals surface area contributed by atoms with E-state index < -0.39 is 0 Å². The van der Waals surface area contributed by atoms with Crippen molar-refractivity contribution in [3.05, 3.63) is 23.9 Å². The molecule has 2 fully saturated rings. The lowest BCUT2D eigenvalue weighted by Crippen LogP contribution is -2.50. The standard InChI is InChI=1S/C16H24N4O2.ClH/c1-11-9-20(10-12(2)22-11)15-4-3-13(5-18-15)6-19-16(21)14-7-17-8-14;/h3-5,11-12,14,17H,6-10H2,1-2H3,(H,19,21);1H. The van der Waals surface area contributed by atoms with Crippen LogP contribution >= 0.6 is 12.4 Å². The van der Waals surface area contributed by atoms with E-state index in [1.807, 2.05) is 18.3 Å². The first-order valence-electron chi connectivity index (χ1n) is 7.95. The number of hydrogen-bond acceptors (Lipinski definition) is 5. The van der Waals surface area contributed by atoms with Crippen LogP contribution in [-0.2, 0) is 16.1 Å². The van der Waals surface area contributed by atoms with Crippen LogP contribution in [0.15, 0.2) is 18.3 Å². The third kappa shape index (κ3) is 4.56. The van der Waals surface area contributed by atoms with Crippen molar-refractivity contribution < 1.29 is 9.53 Å². The predicted octanol–water partition coefficient (Wildman–Crippen LogP) is 0.953. The summed E-state index contributed by atoms with van der Waals surface area (Å²) in [6, 6.07) is 4.06. The van der Waals surface area contributed by atoms with E-state index in [2.05, 4.69) is 34.4 Å². The number of nitrogens with zero attached hydrogens (tertiary/aromatic N) is 2. The van der Waals surface area contributed by atoms with Gasteiger partial charge in [0, 0.05) is 38.9 Å². The van der Waals surface area contributed by atoms with Gasteiger partial charge in [0.1, 0.15) is 5.82 Å². The largest absolute Gasteiger partial charge is 0.372 e. The Bertz CT molecular complexity index is 511. The maximum absolute atomic E-state index is 11.8. The molecule has 0 spiro atoms. The number of rotatable bonds is 4. The van der Waals surface area contributed by atoms with Crippen molar-refractivity contribution in [2.45, 2.75) is 32.6 Å². The number of aromatic nitrogens is 1. The van der Waals surface area contributed by atoms with Crippen molar-refractivity contribution in [2.24, 2.45) is 5.92 Å². The number of halogens is 1. The van der Waals surface area contributed by atoms with E-state index in [9.17, 15) is 4.79 Å². The molecule has 7 heteroatoms. The molecule has 0 saturated carbocycles. The molecule has 2 atom stereocenters. The van der Waals surface area contributed by atoms with E-state index in [1.165, 1.54) is 0 Å². The molecule has 2 aliphatic rings. The van der Waals surface area contributed by atoms with Gasteiger partial charge in [0.25, 0.3) is 0 Å². The Morgan fingerprint density at radius 3 is 2.57 bits per heavy atom. The molecule has 0 bridgehead atoms. The zero-order chi connectivity index (χ0) is 15.5. The fourth-order valence-electron chi connectivity index (χ4n) is 2.88. The minimum Gasteiger partial charge on any atom is -0.372 e. The molecule has 23 heavy (non-hydrogen) atoms. The molecule has 1 aromatic rings.